The molecule has 0 radical (unpaired) electrons. The molecule has 0 saturated heterocycles. The number of hydrogen-bond donors (Lipinski definition) is 0. The van der Waals surface area contributed by atoms with Crippen molar-refractivity contribution >= 4 is 17.9 Å². The molecule has 0 aromatic carbocycles. The highest BCUT2D eigenvalue weighted by atomic mass is 16.6. The van der Waals surface area contributed by atoms with Crippen LogP contribution in [-0.4, -0.2) is 37.2 Å². The standard InChI is InChI=1S/C74H128O6/c1-4-7-10-13-16-19-22-25-28-31-34-36-37-39-40-43-46-49-52-55-58-61-64-67-73(76)79-70-71(69-78-72(75)66-63-60-57-54-51-48-45-42-33-30-27-24-21-18-15-12-9-6-3)80-74(77)68-65-62-59-56-53-50-47-44-41-38-35-32-29-26-23-20-17-14-11-8-5-2/h7,10,16,19,25,28,32,34-36,39-40,46,49,55,58,71H,4-6,8-9,11-15,17-18,20-24,26-27,29-31,33,37-38,41-45,47-48,50-54,56-57,59-70H2,1-3H3/b10-7-,19-16-,28-25-,35-32-,36-34-,40-39-,49-46-,58-55-. The maximum Gasteiger partial charge on any atom is 0.306 e. The van der Waals surface area contributed by atoms with Crippen molar-refractivity contribution in [3.05, 3.63) is 97.2 Å². The molecule has 1 unspecified atom stereocenters. The average molecular weight is 1110 g/mol. The highest BCUT2D eigenvalue weighted by Gasteiger charge is 2.19. The number of carbonyl (C=O) groups excluding carboxylic acids is 3. The molecule has 1 atom stereocenters. The molecule has 0 aromatic heterocycles. The molecular weight excluding hydrogens is 985 g/mol. The average Bonchev–Trinajstić information content (AvgIpc) is 3.46. The molecule has 0 aliphatic rings. The van der Waals surface area contributed by atoms with Gasteiger partial charge in [0.1, 0.15) is 13.2 Å². The third kappa shape index (κ3) is 65.1. The predicted molar refractivity (Wildman–Crippen MR) is 348 cm³/mol. The van der Waals surface area contributed by atoms with Gasteiger partial charge >= 0.3 is 17.9 Å². The fourth-order valence-electron chi connectivity index (χ4n) is 9.72. The van der Waals surface area contributed by atoms with Crippen LogP contribution in [-0.2, 0) is 28.6 Å². The summed E-state index contributed by atoms with van der Waals surface area (Å²) in [4.78, 5) is 38.4. The summed E-state index contributed by atoms with van der Waals surface area (Å²) in [5.74, 6) is -0.942. The van der Waals surface area contributed by atoms with Crippen molar-refractivity contribution in [1.29, 1.82) is 0 Å². The molecule has 6 nitrogen and oxygen atoms in total. The number of rotatable bonds is 62. The first-order valence-electron chi connectivity index (χ1n) is 34.2. The monoisotopic (exact) mass is 1110 g/mol. The van der Waals surface area contributed by atoms with E-state index in [2.05, 4.69) is 118 Å². The van der Waals surface area contributed by atoms with E-state index >= 15 is 0 Å². The van der Waals surface area contributed by atoms with Crippen LogP contribution in [0.5, 0.6) is 0 Å². The number of esters is 3. The van der Waals surface area contributed by atoms with Crippen molar-refractivity contribution in [2.75, 3.05) is 13.2 Å². The van der Waals surface area contributed by atoms with Crippen LogP contribution < -0.4 is 0 Å². The number of ether oxygens (including phenoxy) is 3. The molecule has 6 heteroatoms. The zero-order valence-electron chi connectivity index (χ0n) is 52.8. The van der Waals surface area contributed by atoms with Gasteiger partial charge in [0, 0.05) is 19.3 Å². The predicted octanol–water partition coefficient (Wildman–Crippen LogP) is 23.6. The summed E-state index contributed by atoms with van der Waals surface area (Å²) in [6.45, 7) is 6.52. The lowest BCUT2D eigenvalue weighted by atomic mass is 10.0. The molecule has 0 heterocycles. The van der Waals surface area contributed by atoms with E-state index in [0.29, 0.717) is 19.3 Å². The summed E-state index contributed by atoms with van der Waals surface area (Å²) in [5.41, 5.74) is 0. The van der Waals surface area contributed by atoms with Gasteiger partial charge in [-0.1, -0.05) is 317 Å². The van der Waals surface area contributed by atoms with E-state index in [1.165, 1.54) is 199 Å². The van der Waals surface area contributed by atoms with Crippen LogP contribution in [0.2, 0.25) is 0 Å². The summed E-state index contributed by atoms with van der Waals surface area (Å²) in [6, 6.07) is 0. The van der Waals surface area contributed by atoms with Crippen LogP contribution in [0, 0.1) is 0 Å². The number of hydrogen-bond acceptors (Lipinski definition) is 6. The fourth-order valence-corrected chi connectivity index (χ4v) is 9.72. The molecule has 0 aromatic rings. The molecule has 460 valence electrons. The van der Waals surface area contributed by atoms with Crippen LogP contribution >= 0.6 is 0 Å². The number of allylic oxidation sites excluding steroid dienone is 16. The molecule has 80 heavy (non-hydrogen) atoms. The third-order valence-electron chi connectivity index (χ3n) is 14.8. The lowest BCUT2D eigenvalue weighted by molar-refractivity contribution is -0.167. The van der Waals surface area contributed by atoms with E-state index in [0.717, 1.165) is 89.9 Å². The van der Waals surface area contributed by atoms with Crippen molar-refractivity contribution in [2.24, 2.45) is 0 Å². The van der Waals surface area contributed by atoms with Gasteiger partial charge in [0.25, 0.3) is 0 Å². The van der Waals surface area contributed by atoms with Gasteiger partial charge in [-0.3, -0.25) is 14.4 Å². The number of carbonyl (C=O) groups is 3. The second-order valence-corrected chi connectivity index (χ2v) is 22.7. The Balaban J connectivity index is 4.46. The summed E-state index contributed by atoms with van der Waals surface area (Å²) >= 11 is 0. The molecule has 0 rings (SSSR count). The summed E-state index contributed by atoms with van der Waals surface area (Å²) in [5, 5.41) is 0. The highest BCUT2D eigenvalue weighted by molar-refractivity contribution is 5.71. The second kappa shape index (κ2) is 67.8. The molecule has 0 N–H and O–H groups in total. The van der Waals surface area contributed by atoms with E-state index in [1.54, 1.807) is 0 Å². The molecule has 0 aliphatic heterocycles. The van der Waals surface area contributed by atoms with Crippen molar-refractivity contribution in [3.63, 3.8) is 0 Å². The van der Waals surface area contributed by atoms with E-state index in [9.17, 15) is 14.4 Å². The largest absolute Gasteiger partial charge is 0.462 e. The minimum Gasteiger partial charge on any atom is -0.462 e. The van der Waals surface area contributed by atoms with Gasteiger partial charge in [-0.15, -0.1) is 0 Å². The van der Waals surface area contributed by atoms with Crippen LogP contribution in [0.3, 0.4) is 0 Å². The second-order valence-electron chi connectivity index (χ2n) is 22.7. The molecule has 0 aliphatic carbocycles. The Labute approximate surface area is 496 Å². The molecule has 0 saturated carbocycles. The first kappa shape index (κ1) is 76.3. The van der Waals surface area contributed by atoms with Gasteiger partial charge in [0.05, 0.1) is 0 Å². The van der Waals surface area contributed by atoms with Crippen molar-refractivity contribution < 1.29 is 28.6 Å². The Bertz CT molecular complexity index is 1560. The van der Waals surface area contributed by atoms with Crippen LogP contribution in [0.4, 0.5) is 0 Å². The zero-order valence-corrected chi connectivity index (χ0v) is 52.8. The van der Waals surface area contributed by atoms with E-state index in [-0.39, 0.29) is 37.5 Å². The normalized spacial score (nSPS) is 12.7. The Morgan fingerprint density at radius 3 is 0.825 bits per heavy atom. The van der Waals surface area contributed by atoms with Gasteiger partial charge in [-0.2, -0.15) is 0 Å². The van der Waals surface area contributed by atoms with E-state index < -0.39 is 6.10 Å². The molecule has 0 fully saturated rings. The Morgan fingerprint density at radius 1 is 0.263 bits per heavy atom. The molecule has 0 amide bonds. The number of unbranched alkanes of at least 4 members (excludes halogenated alkanes) is 35. The van der Waals surface area contributed by atoms with Crippen LogP contribution in [0.1, 0.15) is 335 Å². The van der Waals surface area contributed by atoms with Crippen LogP contribution in [0.15, 0.2) is 97.2 Å². The van der Waals surface area contributed by atoms with Crippen molar-refractivity contribution in [3.8, 4) is 0 Å². The molecule has 0 bridgehead atoms. The zero-order chi connectivity index (χ0) is 57.8. The molecular formula is C74H128O6. The minimum absolute atomic E-state index is 0.0934. The van der Waals surface area contributed by atoms with Gasteiger partial charge < -0.3 is 14.2 Å². The highest BCUT2D eigenvalue weighted by Crippen LogP contribution is 2.17. The van der Waals surface area contributed by atoms with Crippen molar-refractivity contribution in [1.82, 2.24) is 0 Å². The summed E-state index contributed by atoms with van der Waals surface area (Å²) < 4.78 is 16.9. The van der Waals surface area contributed by atoms with Gasteiger partial charge in [0.2, 0.25) is 0 Å². The Kier molecular flexibility index (Phi) is 64.7. The quantitative estimate of drug-likeness (QED) is 0.0261. The smallest absolute Gasteiger partial charge is 0.306 e. The summed E-state index contributed by atoms with van der Waals surface area (Å²) in [6.07, 6.45) is 91.4. The first-order valence-corrected chi connectivity index (χ1v) is 34.2. The molecule has 0 spiro atoms. The topological polar surface area (TPSA) is 78.9 Å². The fraction of sp³-hybridized carbons (Fsp3) is 0.743. The van der Waals surface area contributed by atoms with E-state index in [1.807, 2.05) is 0 Å². The van der Waals surface area contributed by atoms with Gasteiger partial charge in [-0.05, 0) is 96.3 Å². The summed E-state index contributed by atoms with van der Waals surface area (Å²) in [7, 11) is 0. The minimum atomic E-state index is -0.803. The SMILES string of the molecule is CC/C=C\C/C=C\C/C=C\C/C=C\C/C=C\C/C=C\C/C=C\CCCC(=O)OCC(COC(=O)CCCCCCCCCCCCCCCCCCCC)OC(=O)CCCCCCCCCCC/C=C\CCCCCCCCCC. The Morgan fingerprint density at radius 2 is 0.500 bits per heavy atom. The maximum absolute atomic E-state index is 13.0. The lowest BCUT2D eigenvalue weighted by Gasteiger charge is -2.18. The van der Waals surface area contributed by atoms with Gasteiger partial charge in [0.15, 0.2) is 6.10 Å². The van der Waals surface area contributed by atoms with Gasteiger partial charge in [-0.25, -0.2) is 0 Å². The maximum atomic E-state index is 13.0. The van der Waals surface area contributed by atoms with E-state index in [4.69, 9.17) is 14.2 Å². The lowest BCUT2D eigenvalue weighted by Crippen LogP contribution is -2.30. The third-order valence-corrected chi connectivity index (χ3v) is 14.8. The first-order chi connectivity index (χ1) is 39.5. The Hall–Kier alpha value is -3.67. The van der Waals surface area contributed by atoms with Crippen LogP contribution in [0.25, 0.3) is 0 Å². The van der Waals surface area contributed by atoms with Crippen molar-refractivity contribution in [2.45, 2.75) is 341 Å².